The predicted octanol–water partition coefficient (Wildman–Crippen LogP) is 3.20. The van der Waals surface area contributed by atoms with Crippen molar-refractivity contribution in [1.29, 1.82) is 0 Å². The first kappa shape index (κ1) is 14.6. The molecule has 3 nitrogen and oxygen atoms in total. The molecule has 0 bridgehead atoms. The maximum Gasteiger partial charge on any atom is 0.248 e. The Labute approximate surface area is 123 Å². The number of carbonyl (C=O) groups is 1. The highest BCUT2D eigenvalue weighted by molar-refractivity contribution is 6.30. The average molecular weight is 290 g/mol. The fraction of sp³-hybridized carbons (Fsp3) is 0.188. The smallest absolute Gasteiger partial charge is 0.248 e. The highest BCUT2D eigenvalue weighted by Crippen LogP contribution is 2.12. The van der Waals surface area contributed by atoms with E-state index < -0.39 is 5.91 Å². The molecule has 0 aromatic heterocycles. The maximum atomic E-state index is 11.3. The minimum absolute atomic E-state index is 0.407. The van der Waals surface area contributed by atoms with Gasteiger partial charge in [0.2, 0.25) is 5.91 Å². The minimum atomic E-state index is -0.407. The summed E-state index contributed by atoms with van der Waals surface area (Å²) in [7, 11) is 0. The predicted molar refractivity (Wildman–Crippen MR) is 79.8 cm³/mol. The van der Waals surface area contributed by atoms with Crippen molar-refractivity contribution in [3.05, 3.63) is 70.2 Å². The lowest BCUT2D eigenvalue weighted by Crippen LogP contribution is -2.14. The van der Waals surface area contributed by atoms with Crippen LogP contribution in [0.5, 0.6) is 0 Å². The van der Waals surface area contributed by atoms with E-state index in [0.29, 0.717) is 30.2 Å². The van der Waals surface area contributed by atoms with Gasteiger partial charge in [0, 0.05) is 10.6 Å². The van der Waals surface area contributed by atoms with E-state index in [1.165, 1.54) is 0 Å². The van der Waals surface area contributed by atoms with E-state index in [0.717, 1.165) is 11.1 Å². The van der Waals surface area contributed by atoms with E-state index in [9.17, 15) is 4.79 Å². The molecule has 0 heterocycles. The monoisotopic (exact) mass is 289 g/mol. The second-order valence-electron chi connectivity index (χ2n) is 4.45. The molecule has 0 saturated heterocycles. The highest BCUT2D eigenvalue weighted by Gasteiger charge is 2.06. The first-order valence-corrected chi connectivity index (χ1v) is 6.74. The number of hydrogen-bond acceptors (Lipinski definition) is 2. The van der Waals surface area contributed by atoms with Gasteiger partial charge in [-0.2, -0.15) is 0 Å². The third-order valence-electron chi connectivity index (χ3n) is 2.96. The molecule has 0 aliphatic rings. The highest BCUT2D eigenvalue weighted by atomic mass is 35.5. The molecule has 2 aromatic rings. The number of amides is 1. The molecular weight excluding hydrogens is 274 g/mol. The summed E-state index contributed by atoms with van der Waals surface area (Å²) < 4.78 is 5.60. The van der Waals surface area contributed by atoms with Gasteiger partial charge in [-0.1, -0.05) is 41.9 Å². The first-order chi connectivity index (χ1) is 9.66. The summed E-state index contributed by atoms with van der Waals surface area (Å²) in [6, 6.07) is 14.9. The van der Waals surface area contributed by atoms with E-state index in [4.69, 9.17) is 22.1 Å². The zero-order valence-corrected chi connectivity index (χ0v) is 11.8. The van der Waals surface area contributed by atoms with Crippen LogP contribution in [0.4, 0.5) is 0 Å². The standard InChI is InChI=1S/C16H16ClNO2/c17-14-6-3-4-12(10-14)11-20-9-8-13-5-1-2-7-15(13)16(18)19/h1-7,10H,8-9,11H2,(H2,18,19). The van der Waals surface area contributed by atoms with Gasteiger partial charge < -0.3 is 10.5 Å². The quantitative estimate of drug-likeness (QED) is 0.830. The molecule has 0 atom stereocenters. The zero-order valence-electron chi connectivity index (χ0n) is 11.0. The van der Waals surface area contributed by atoms with Crippen molar-refractivity contribution in [1.82, 2.24) is 0 Å². The van der Waals surface area contributed by atoms with Gasteiger partial charge in [-0.3, -0.25) is 4.79 Å². The van der Waals surface area contributed by atoms with Crippen LogP contribution in [-0.4, -0.2) is 12.5 Å². The van der Waals surface area contributed by atoms with Crippen LogP contribution in [0.1, 0.15) is 21.5 Å². The van der Waals surface area contributed by atoms with Crippen LogP contribution in [0.3, 0.4) is 0 Å². The summed E-state index contributed by atoms with van der Waals surface area (Å²) in [5.41, 5.74) is 7.82. The molecule has 0 unspecified atom stereocenters. The molecule has 2 N–H and O–H groups in total. The molecule has 20 heavy (non-hydrogen) atoms. The zero-order chi connectivity index (χ0) is 14.4. The summed E-state index contributed by atoms with van der Waals surface area (Å²) in [6.45, 7) is 1.02. The van der Waals surface area contributed by atoms with Gasteiger partial charge in [-0.15, -0.1) is 0 Å². The van der Waals surface area contributed by atoms with Crippen molar-refractivity contribution in [2.75, 3.05) is 6.61 Å². The van der Waals surface area contributed by atoms with Crippen molar-refractivity contribution in [3.63, 3.8) is 0 Å². The van der Waals surface area contributed by atoms with E-state index in [-0.39, 0.29) is 0 Å². The molecule has 4 heteroatoms. The molecule has 2 rings (SSSR count). The molecule has 104 valence electrons. The second kappa shape index (κ2) is 7.08. The van der Waals surface area contributed by atoms with Gasteiger partial charge in [0.05, 0.1) is 13.2 Å². The van der Waals surface area contributed by atoms with Crippen LogP contribution in [0.15, 0.2) is 48.5 Å². The Kier molecular flexibility index (Phi) is 5.16. The van der Waals surface area contributed by atoms with E-state index in [1.54, 1.807) is 12.1 Å². The lowest BCUT2D eigenvalue weighted by atomic mass is 10.0. The number of rotatable bonds is 6. The molecule has 2 aromatic carbocycles. The van der Waals surface area contributed by atoms with E-state index in [2.05, 4.69) is 0 Å². The Morgan fingerprint density at radius 3 is 2.70 bits per heavy atom. The fourth-order valence-electron chi connectivity index (χ4n) is 1.98. The van der Waals surface area contributed by atoms with Crippen LogP contribution in [-0.2, 0) is 17.8 Å². The first-order valence-electron chi connectivity index (χ1n) is 6.36. The number of carbonyl (C=O) groups excluding carboxylic acids is 1. The molecular formula is C16H16ClNO2. The molecule has 0 aliphatic heterocycles. The second-order valence-corrected chi connectivity index (χ2v) is 4.89. The Morgan fingerprint density at radius 2 is 1.95 bits per heavy atom. The summed E-state index contributed by atoms with van der Waals surface area (Å²) in [5.74, 6) is -0.407. The molecule has 0 spiro atoms. The summed E-state index contributed by atoms with van der Waals surface area (Å²) in [6.07, 6.45) is 0.652. The Hall–Kier alpha value is -1.84. The van der Waals surface area contributed by atoms with Gasteiger partial charge in [0.1, 0.15) is 0 Å². The van der Waals surface area contributed by atoms with Gasteiger partial charge in [-0.05, 0) is 35.7 Å². The molecule has 1 amide bonds. The number of hydrogen-bond donors (Lipinski definition) is 1. The fourth-order valence-corrected chi connectivity index (χ4v) is 2.19. The SMILES string of the molecule is NC(=O)c1ccccc1CCOCc1cccc(Cl)c1. The molecule has 0 fully saturated rings. The number of nitrogens with two attached hydrogens (primary N) is 1. The lowest BCUT2D eigenvalue weighted by molar-refractivity contribution is 0.0997. The number of halogens is 1. The summed E-state index contributed by atoms with van der Waals surface area (Å²) >= 11 is 5.90. The number of primary amides is 1. The van der Waals surface area contributed by atoms with E-state index >= 15 is 0 Å². The van der Waals surface area contributed by atoms with Gasteiger partial charge in [0.15, 0.2) is 0 Å². The van der Waals surface area contributed by atoms with Gasteiger partial charge in [-0.25, -0.2) is 0 Å². The van der Waals surface area contributed by atoms with Crippen molar-refractivity contribution in [2.45, 2.75) is 13.0 Å². The topological polar surface area (TPSA) is 52.3 Å². The third-order valence-corrected chi connectivity index (χ3v) is 3.19. The molecule has 0 saturated carbocycles. The van der Waals surface area contributed by atoms with Crippen LogP contribution < -0.4 is 5.73 Å². The minimum Gasteiger partial charge on any atom is -0.376 e. The van der Waals surface area contributed by atoms with Gasteiger partial charge >= 0.3 is 0 Å². The molecule has 0 radical (unpaired) electrons. The number of benzene rings is 2. The van der Waals surface area contributed by atoms with E-state index in [1.807, 2.05) is 36.4 Å². The lowest BCUT2D eigenvalue weighted by Gasteiger charge is -2.08. The van der Waals surface area contributed by atoms with Crippen LogP contribution in [0.25, 0.3) is 0 Å². The van der Waals surface area contributed by atoms with Crippen LogP contribution >= 0.6 is 11.6 Å². The van der Waals surface area contributed by atoms with Crippen molar-refractivity contribution >= 4 is 17.5 Å². The van der Waals surface area contributed by atoms with Crippen LogP contribution in [0.2, 0.25) is 5.02 Å². The third kappa shape index (κ3) is 4.08. The van der Waals surface area contributed by atoms with Crippen LogP contribution in [0, 0.1) is 0 Å². The van der Waals surface area contributed by atoms with Gasteiger partial charge in [0.25, 0.3) is 0 Å². The Balaban J connectivity index is 1.86. The Bertz CT molecular complexity index is 599. The van der Waals surface area contributed by atoms with Crippen molar-refractivity contribution in [3.8, 4) is 0 Å². The van der Waals surface area contributed by atoms with Crippen molar-refractivity contribution in [2.24, 2.45) is 5.73 Å². The normalized spacial score (nSPS) is 10.4. The van der Waals surface area contributed by atoms with Crippen molar-refractivity contribution < 1.29 is 9.53 Å². The summed E-state index contributed by atoms with van der Waals surface area (Å²) in [5, 5.41) is 0.699. The largest absolute Gasteiger partial charge is 0.376 e. The molecule has 0 aliphatic carbocycles. The maximum absolute atomic E-state index is 11.3. The Morgan fingerprint density at radius 1 is 1.15 bits per heavy atom. The summed E-state index contributed by atoms with van der Waals surface area (Å²) in [4.78, 5) is 11.3. The average Bonchev–Trinajstić information content (AvgIpc) is 2.44. The number of ether oxygens (including phenoxy) is 1.